The minimum Gasteiger partial charge on any atom is -0.468 e. The molecule has 1 saturated heterocycles. The highest BCUT2D eigenvalue weighted by Gasteiger charge is 2.25. The van der Waals surface area contributed by atoms with Crippen molar-refractivity contribution >= 4 is 29.9 Å². The summed E-state index contributed by atoms with van der Waals surface area (Å²) in [6.45, 7) is 7.59. The SMILES string of the molecule is CN=C(NCC(c1ccco1)N(C)C)N1CC(C)CC(C)C1.I. The van der Waals surface area contributed by atoms with Crippen LogP contribution < -0.4 is 5.32 Å². The summed E-state index contributed by atoms with van der Waals surface area (Å²) in [6.07, 6.45) is 3.04. The van der Waals surface area contributed by atoms with Crippen molar-refractivity contribution in [3.8, 4) is 0 Å². The van der Waals surface area contributed by atoms with Gasteiger partial charge in [-0.3, -0.25) is 9.89 Å². The second kappa shape index (κ2) is 9.52. The van der Waals surface area contributed by atoms with Crippen LogP contribution in [0.1, 0.15) is 32.1 Å². The zero-order valence-electron chi connectivity index (χ0n) is 15.0. The van der Waals surface area contributed by atoms with Gasteiger partial charge in [-0.05, 0) is 44.5 Å². The van der Waals surface area contributed by atoms with Gasteiger partial charge in [0.25, 0.3) is 0 Å². The van der Waals surface area contributed by atoms with E-state index in [0.29, 0.717) is 0 Å². The van der Waals surface area contributed by atoms with Crippen molar-refractivity contribution in [1.29, 1.82) is 0 Å². The van der Waals surface area contributed by atoms with Crippen LogP contribution in [0.5, 0.6) is 0 Å². The molecular weight excluding hydrogens is 403 g/mol. The first-order valence-electron chi connectivity index (χ1n) is 8.16. The molecule has 1 aromatic heterocycles. The van der Waals surface area contributed by atoms with Gasteiger partial charge in [0.2, 0.25) is 0 Å². The average molecular weight is 434 g/mol. The van der Waals surface area contributed by atoms with E-state index in [2.05, 4.69) is 48.1 Å². The fraction of sp³-hybridized carbons (Fsp3) is 0.706. The maximum Gasteiger partial charge on any atom is 0.193 e. The second-order valence-corrected chi connectivity index (χ2v) is 6.77. The predicted molar refractivity (Wildman–Crippen MR) is 106 cm³/mol. The van der Waals surface area contributed by atoms with Crippen molar-refractivity contribution < 1.29 is 4.42 Å². The number of nitrogens with zero attached hydrogens (tertiary/aromatic N) is 3. The van der Waals surface area contributed by atoms with Crippen LogP contribution in [0.4, 0.5) is 0 Å². The topological polar surface area (TPSA) is 44.0 Å². The van der Waals surface area contributed by atoms with E-state index in [1.807, 2.05) is 19.2 Å². The molecule has 23 heavy (non-hydrogen) atoms. The summed E-state index contributed by atoms with van der Waals surface area (Å²) in [5.41, 5.74) is 0. The van der Waals surface area contributed by atoms with Crippen molar-refractivity contribution in [2.45, 2.75) is 26.3 Å². The van der Waals surface area contributed by atoms with Crippen LogP contribution in [0.15, 0.2) is 27.8 Å². The number of guanidine groups is 1. The van der Waals surface area contributed by atoms with Crippen molar-refractivity contribution in [3.05, 3.63) is 24.2 Å². The zero-order chi connectivity index (χ0) is 16.1. The van der Waals surface area contributed by atoms with E-state index in [1.165, 1.54) is 6.42 Å². The number of likely N-dealkylation sites (tertiary alicyclic amines) is 1. The van der Waals surface area contributed by atoms with E-state index in [1.54, 1.807) is 6.26 Å². The highest BCUT2D eigenvalue weighted by atomic mass is 127. The van der Waals surface area contributed by atoms with Crippen LogP contribution in [-0.4, -0.2) is 56.5 Å². The molecule has 132 valence electrons. The highest BCUT2D eigenvalue weighted by Crippen LogP contribution is 2.21. The van der Waals surface area contributed by atoms with Gasteiger partial charge >= 0.3 is 0 Å². The van der Waals surface area contributed by atoms with Crippen molar-refractivity contribution in [2.24, 2.45) is 16.8 Å². The molecule has 1 aromatic rings. The van der Waals surface area contributed by atoms with Gasteiger partial charge in [0.05, 0.1) is 12.3 Å². The molecule has 1 aliphatic rings. The maximum atomic E-state index is 5.57. The molecule has 1 aliphatic heterocycles. The van der Waals surface area contributed by atoms with Gasteiger partial charge in [0.15, 0.2) is 5.96 Å². The normalized spacial score (nSPS) is 23.6. The molecular formula is C17H31IN4O. The lowest BCUT2D eigenvalue weighted by Crippen LogP contribution is -2.49. The number of piperidine rings is 1. The standard InChI is InChI=1S/C17H30N4O.HI/c1-13-9-14(2)12-21(11-13)17(18-3)19-10-15(20(4)5)16-7-6-8-22-16;/h6-8,13-15H,9-12H2,1-5H3,(H,18,19);1H. The number of rotatable bonds is 4. The quantitative estimate of drug-likeness (QED) is 0.450. The van der Waals surface area contributed by atoms with Crippen molar-refractivity contribution in [3.63, 3.8) is 0 Å². The minimum absolute atomic E-state index is 0. The van der Waals surface area contributed by atoms with Gasteiger partial charge in [-0.25, -0.2) is 0 Å². The Morgan fingerprint density at radius 3 is 2.52 bits per heavy atom. The van der Waals surface area contributed by atoms with Gasteiger partial charge in [-0.2, -0.15) is 0 Å². The third kappa shape index (κ3) is 5.67. The summed E-state index contributed by atoms with van der Waals surface area (Å²) in [5.74, 6) is 3.42. The van der Waals surface area contributed by atoms with Gasteiger partial charge in [0.1, 0.15) is 5.76 Å². The van der Waals surface area contributed by atoms with Gasteiger partial charge < -0.3 is 14.6 Å². The number of aliphatic imine (C=N–C) groups is 1. The summed E-state index contributed by atoms with van der Waals surface area (Å²) >= 11 is 0. The molecule has 0 amide bonds. The summed E-state index contributed by atoms with van der Waals surface area (Å²) in [7, 11) is 6.01. The summed E-state index contributed by atoms with van der Waals surface area (Å²) < 4.78 is 5.57. The van der Waals surface area contributed by atoms with Crippen LogP contribution in [0, 0.1) is 11.8 Å². The van der Waals surface area contributed by atoms with E-state index in [4.69, 9.17) is 4.42 Å². The van der Waals surface area contributed by atoms with Crippen LogP contribution in [-0.2, 0) is 0 Å². The Labute approximate surface area is 157 Å². The lowest BCUT2D eigenvalue weighted by molar-refractivity contribution is 0.204. The summed E-state index contributed by atoms with van der Waals surface area (Å²) in [6, 6.07) is 4.17. The Kier molecular flexibility index (Phi) is 8.39. The van der Waals surface area contributed by atoms with E-state index in [0.717, 1.165) is 43.2 Å². The molecule has 2 heterocycles. The number of furan rings is 1. The Bertz CT molecular complexity index is 465. The fourth-order valence-electron chi connectivity index (χ4n) is 3.37. The van der Waals surface area contributed by atoms with Gasteiger partial charge in [-0.15, -0.1) is 24.0 Å². The molecule has 3 atom stereocenters. The fourth-order valence-corrected chi connectivity index (χ4v) is 3.37. The van der Waals surface area contributed by atoms with Crippen LogP contribution >= 0.6 is 24.0 Å². The molecule has 5 nitrogen and oxygen atoms in total. The predicted octanol–water partition coefficient (Wildman–Crippen LogP) is 3.05. The van der Waals surface area contributed by atoms with Crippen molar-refractivity contribution in [2.75, 3.05) is 40.8 Å². The van der Waals surface area contributed by atoms with Crippen LogP contribution in [0.2, 0.25) is 0 Å². The second-order valence-electron chi connectivity index (χ2n) is 6.77. The first kappa shape index (κ1) is 20.3. The maximum absolute atomic E-state index is 5.57. The third-order valence-electron chi connectivity index (χ3n) is 4.33. The molecule has 3 unspecified atom stereocenters. The molecule has 0 bridgehead atoms. The molecule has 0 radical (unpaired) electrons. The molecule has 0 aromatic carbocycles. The Morgan fingerprint density at radius 2 is 2.04 bits per heavy atom. The molecule has 0 aliphatic carbocycles. The van der Waals surface area contributed by atoms with Crippen LogP contribution in [0.25, 0.3) is 0 Å². The van der Waals surface area contributed by atoms with Crippen molar-refractivity contribution in [1.82, 2.24) is 15.1 Å². The van der Waals surface area contributed by atoms with Gasteiger partial charge in [-0.1, -0.05) is 13.8 Å². The molecule has 0 saturated carbocycles. The number of likely N-dealkylation sites (N-methyl/N-ethyl adjacent to an activating group) is 1. The van der Waals surface area contributed by atoms with E-state index < -0.39 is 0 Å². The number of hydrogen-bond acceptors (Lipinski definition) is 3. The Hall–Kier alpha value is -0.760. The molecule has 6 heteroatoms. The Balaban J connectivity index is 0.00000264. The van der Waals surface area contributed by atoms with Crippen LogP contribution in [0.3, 0.4) is 0 Å². The number of nitrogens with one attached hydrogen (secondary N) is 1. The highest BCUT2D eigenvalue weighted by molar-refractivity contribution is 14.0. The van der Waals surface area contributed by atoms with E-state index in [-0.39, 0.29) is 30.0 Å². The lowest BCUT2D eigenvalue weighted by atomic mass is 9.92. The van der Waals surface area contributed by atoms with E-state index in [9.17, 15) is 0 Å². The first-order valence-corrected chi connectivity index (χ1v) is 8.16. The Morgan fingerprint density at radius 1 is 1.39 bits per heavy atom. The number of halogens is 1. The monoisotopic (exact) mass is 434 g/mol. The summed E-state index contributed by atoms with van der Waals surface area (Å²) in [4.78, 5) is 9.03. The molecule has 1 fully saturated rings. The minimum atomic E-state index is 0. The number of hydrogen-bond donors (Lipinski definition) is 1. The molecule has 2 rings (SSSR count). The zero-order valence-corrected chi connectivity index (χ0v) is 17.3. The third-order valence-corrected chi connectivity index (χ3v) is 4.33. The average Bonchev–Trinajstić information content (AvgIpc) is 2.95. The molecule has 1 N–H and O–H groups in total. The van der Waals surface area contributed by atoms with Gasteiger partial charge in [0, 0.05) is 26.7 Å². The molecule has 0 spiro atoms. The summed E-state index contributed by atoms with van der Waals surface area (Å²) in [5, 5.41) is 3.52. The van der Waals surface area contributed by atoms with E-state index >= 15 is 0 Å². The lowest BCUT2D eigenvalue weighted by Gasteiger charge is -2.37. The first-order chi connectivity index (χ1) is 10.5. The smallest absolute Gasteiger partial charge is 0.193 e. The largest absolute Gasteiger partial charge is 0.468 e.